The highest BCUT2D eigenvalue weighted by Gasteiger charge is 2.18. The van der Waals surface area contributed by atoms with E-state index in [0.717, 1.165) is 15.7 Å². The van der Waals surface area contributed by atoms with Crippen molar-refractivity contribution in [3.63, 3.8) is 0 Å². The van der Waals surface area contributed by atoms with Crippen LogP contribution in [0.4, 0.5) is 0 Å². The number of halogens is 2. The Balaban J connectivity index is 1.75. The number of rotatable bonds is 3. The van der Waals surface area contributed by atoms with Gasteiger partial charge in [0, 0.05) is 11.6 Å². The van der Waals surface area contributed by atoms with Crippen LogP contribution in [0.3, 0.4) is 0 Å². The highest BCUT2D eigenvalue weighted by atomic mass is 35.5. The Morgan fingerprint density at radius 3 is 2.44 bits per heavy atom. The zero-order chi connectivity index (χ0) is 23.2. The predicted octanol–water partition coefficient (Wildman–Crippen LogP) is 4.00. The number of fused-ring (bicyclic) bond motifs is 1. The van der Waals surface area contributed by atoms with E-state index in [1.54, 1.807) is 18.5 Å². The molecule has 0 saturated heterocycles. The monoisotopic (exact) mass is 470 g/mol. The molecule has 0 amide bonds. The van der Waals surface area contributed by atoms with Gasteiger partial charge in [-0.1, -0.05) is 23.2 Å². The van der Waals surface area contributed by atoms with Crippen molar-refractivity contribution in [3.05, 3.63) is 73.2 Å². The maximum absolute atomic E-state index is 12.1. The molecule has 0 bridgehead atoms. The molecule has 2 aromatic heterocycles. The van der Waals surface area contributed by atoms with Crippen molar-refractivity contribution in [1.82, 2.24) is 24.3 Å². The molecule has 2 aromatic carbocycles. The molecule has 4 rings (SSSR count). The molecule has 0 aliphatic heterocycles. The Bertz CT molecular complexity index is 1500. The van der Waals surface area contributed by atoms with Gasteiger partial charge >= 0.3 is 5.69 Å². The number of H-pyrrole nitrogens is 1. The third-order valence-corrected chi connectivity index (χ3v) is 5.18. The molecule has 11 heteroatoms. The van der Waals surface area contributed by atoms with Crippen LogP contribution in [0.5, 0.6) is 11.5 Å². The maximum Gasteiger partial charge on any atom is 0.349 e. The maximum atomic E-state index is 12.1. The van der Waals surface area contributed by atoms with Crippen LogP contribution in [0.15, 0.2) is 46.2 Å². The van der Waals surface area contributed by atoms with Crippen molar-refractivity contribution in [2.24, 2.45) is 0 Å². The van der Waals surface area contributed by atoms with E-state index in [9.17, 15) is 9.59 Å². The van der Waals surface area contributed by atoms with E-state index in [1.807, 2.05) is 21.7 Å². The number of nitrogens with one attached hydrogen (secondary N) is 1. The van der Waals surface area contributed by atoms with Crippen LogP contribution in [0.25, 0.3) is 16.7 Å². The second-order valence-corrected chi connectivity index (χ2v) is 8.72. The van der Waals surface area contributed by atoms with E-state index in [0.29, 0.717) is 5.75 Å². The molecule has 9 nitrogen and oxygen atoms in total. The van der Waals surface area contributed by atoms with E-state index >= 15 is 0 Å². The minimum atomic E-state index is -0.879. The molecular weight excluding hydrogens is 455 g/mol. The first-order chi connectivity index (χ1) is 15.1. The summed E-state index contributed by atoms with van der Waals surface area (Å²) in [4.78, 5) is 30.1. The first-order valence-electron chi connectivity index (χ1n) is 9.37. The Labute approximate surface area is 191 Å². The number of benzene rings is 2. The summed E-state index contributed by atoms with van der Waals surface area (Å²) in [6.45, 7) is 6.20. The molecule has 1 N–H and O–H groups in total. The number of imidazole rings is 1. The molecule has 0 spiro atoms. The molecule has 0 unspecified atom stereocenters. The molecule has 4 aromatic rings. The van der Waals surface area contributed by atoms with Gasteiger partial charge in [-0.15, -0.1) is 5.10 Å². The van der Waals surface area contributed by atoms with E-state index in [1.165, 1.54) is 12.1 Å². The van der Waals surface area contributed by atoms with Gasteiger partial charge < -0.3 is 9.30 Å². The second-order valence-electron chi connectivity index (χ2n) is 7.91. The highest BCUT2D eigenvalue weighted by molar-refractivity contribution is 6.37. The average molecular weight is 471 g/mol. The number of nitriles is 1. The van der Waals surface area contributed by atoms with Crippen LogP contribution in [-0.2, 0) is 5.54 Å². The minimum Gasteiger partial charge on any atom is -0.454 e. The fraction of sp³-hybridized carbons (Fsp3) is 0.190. The number of hydrogen-bond acceptors (Lipinski definition) is 6. The lowest BCUT2D eigenvalue weighted by Gasteiger charge is -2.21. The van der Waals surface area contributed by atoms with Gasteiger partial charge in [0.05, 0.1) is 33.1 Å². The third-order valence-electron chi connectivity index (χ3n) is 4.62. The lowest BCUT2D eigenvalue weighted by atomic mass is 10.1. The zero-order valence-electron chi connectivity index (χ0n) is 17.2. The minimum absolute atomic E-state index is 0.107. The highest BCUT2D eigenvalue weighted by Crippen LogP contribution is 2.39. The Morgan fingerprint density at radius 2 is 1.81 bits per heavy atom. The molecule has 0 saturated carbocycles. The summed E-state index contributed by atoms with van der Waals surface area (Å²) in [5.74, 6) is 0.669. The summed E-state index contributed by atoms with van der Waals surface area (Å²) in [7, 11) is 0. The van der Waals surface area contributed by atoms with Gasteiger partial charge in [0.2, 0.25) is 5.69 Å². The van der Waals surface area contributed by atoms with Gasteiger partial charge in [-0.2, -0.15) is 9.94 Å². The van der Waals surface area contributed by atoms with Crippen molar-refractivity contribution in [2.75, 3.05) is 0 Å². The topological polar surface area (TPSA) is 119 Å². The number of ether oxygens (including phenoxy) is 1. The summed E-state index contributed by atoms with van der Waals surface area (Å²) >= 11 is 12.8. The molecule has 32 heavy (non-hydrogen) atoms. The Kier molecular flexibility index (Phi) is 5.28. The van der Waals surface area contributed by atoms with Crippen LogP contribution in [0, 0.1) is 11.3 Å². The van der Waals surface area contributed by atoms with Gasteiger partial charge in [-0.05, 0) is 45.0 Å². The molecular formula is C21H16Cl2N6O3. The number of aromatic nitrogens is 5. The first kappa shape index (κ1) is 21.6. The largest absolute Gasteiger partial charge is 0.454 e. The van der Waals surface area contributed by atoms with Crippen LogP contribution < -0.4 is 16.0 Å². The van der Waals surface area contributed by atoms with E-state index in [-0.39, 0.29) is 27.0 Å². The van der Waals surface area contributed by atoms with Crippen molar-refractivity contribution in [2.45, 2.75) is 26.3 Å². The lowest BCUT2D eigenvalue weighted by molar-refractivity contribution is 0.407. The number of hydrogen-bond donors (Lipinski definition) is 1. The molecule has 0 aliphatic carbocycles. The van der Waals surface area contributed by atoms with Crippen LogP contribution in [-0.4, -0.2) is 24.3 Å². The zero-order valence-corrected chi connectivity index (χ0v) is 18.7. The van der Waals surface area contributed by atoms with Gasteiger partial charge in [0.1, 0.15) is 11.8 Å². The van der Waals surface area contributed by atoms with E-state index in [4.69, 9.17) is 33.2 Å². The Hall–Kier alpha value is -3.61. The van der Waals surface area contributed by atoms with Gasteiger partial charge in [-0.3, -0.25) is 9.78 Å². The van der Waals surface area contributed by atoms with Gasteiger partial charge in [0.25, 0.3) is 5.56 Å². The quantitative estimate of drug-likeness (QED) is 0.483. The molecule has 162 valence electrons. The smallest absolute Gasteiger partial charge is 0.349 e. The summed E-state index contributed by atoms with van der Waals surface area (Å²) in [6.07, 6.45) is 1.77. The third kappa shape index (κ3) is 3.86. The molecule has 2 heterocycles. The SMILES string of the molecule is CC(C)(C)n1cnc2ccc(Oc3c(Cl)cc(-n4nc(C#N)c(=O)[nH]c4=O)cc3Cl)cc21. The molecule has 0 fully saturated rings. The van der Waals surface area contributed by atoms with Crippen molar-refractivity contribution in [1.29, 1.82) is 5.26 Å². The van der Waals surface area contributed by atoms with Gasteiger partial charge in [-0.25, -0.2) is 9.78 Å². The number of aromatic amines is 1. The summed E-state index contributed by atoms with van der Waals surface area (Å²) < 4.78 is 8.81. The fourth-order valence-electron chi connectivity index (χ4n) is 3.12. The van der Waals surface area contributed by atoms with Crippen molar-refractivity contribution < 1.29 is 4.74 Å². The second kappa shape index (κ2) is 7.82. The van der Waals surface area contributed by atoms with Crippen LogP contribution >= 0.6 is 23.2 Å². The molecule has 0 atom stereocenters. The summed E-state index contributed by atoms with van der Waals surface area (Å²) in [6, 6.07) is 9.83. The van der Waals surface area contributed by atoms with E-state index < -0.39 is 16.9 Å². The van der Waals surface area contributed by atoms with Gasteiger partial charge in [0.15, 0.2) is 5.75 Å². The number of nitrogens with zero attached hydrogens (tertiary/aromatic N) is 5. The normalized spacial score (nSPS) is 11.5. The standard InChI is InChI=1S/C21H16Cl2N6O3/c1-21(2,3)28-10-25-15-5-4-12(8-17(15)28)32-18-13(22)6-11(7-14(18)23)29-20(31)26-19(30)16(9-24)27-29/h4-8,10H,1-3H3,(H,26,30,31). The van der Waals surface area contributed by atoms with E-state index in [2.05, 4.69) is 30.9 Å². The average Bonchev–Trinajstić information content (AvgIpc) is 3.14. The Morgan fingerprint density at radius 1 is 1.12 bits per heavy atom. The van der Waals surface area contributed by atoms with Crippen molar-refractivity contribution in [3.8, 4) is 23.3 Å². The fourth-order valence-corrected chi connectivity index (χ4v) is 3.67. The summed E-state index contributed by atoms with van der Waals surface area (Å²) in [5.41, 5.74) is -0.508. The predicted molar refractivity (Wildman–Crippen MR) is 120 cm³/mol. The lowest BCUT2D eigenvalue weighted by Crippen LogP contribution is -2.33. The summed E-state index contributed by atoms with van der Waals surface area (Å²) in [5, 5.41) is 13.0. The first-order valence-corrected chi connectivity index (χ1v) is 10.1. The molecule has 0 radical (unpaired) electrons. The van der Waals surface area contributed by atoms with Crippen LogP contribution in [0.1, 0.15) is 26.5 Å². The van der Waals surface area contributed by atoms with Crippen LogP contribution in [0.2, 0.25) is 10.0 Å². The van der Waals surface area contributed by atoms with Crippen molar-refractivity contribution >= 4 is 34.2 Å². The molecule has 0 aliphatic rings.